The maximum atomic E-state index is 13.7. The van der Waals surface area contributed by atoms with Crippen LogP contribution in [-0.4, -0.2) is 25.0 Å². The molecule has 0 bridgehead atoms. The van der Waals surface area contributed by atoms with Gasteiger partial charge in [-0.2, -0.15) is 0 Å². The molecule has 3 aromatic heterocycles. The summed E-state index contributed by atoms with van der Waals surface area (Å²) in [6.07, 6.45) is 1.69. The SMILES string of the molecule is Cn1c(=O)n(CC2(C)CC2(F)F)c2ccc(-c3ccc4cc[nH]c4c3)nc21. The summed E-state index contributed by atoms with van der Waals surface area (Å²) in [7, 11) is 1.62. The highest BCUT2D eigenvalue weighted by Crippen LogP contribution is 2.61. The summed E-state index contributed by atoms with van der Waals surface area (Å²) >= 11 is 0. The lowest BCUT2D eigenvalue weighted by molar-refractivity contribution is 0.0637. The maximum Gasteiger partial charge on any atom is 0.330 e. The summed E-state index contributed by atoms with van der Waals surface area (Å²) in [4.78, 5) is 20.4. The van der Waals surface area contributed by atoms with Gasteiger partial charge in [0.05, 0.1) is 16.6 Å². The Morgan fingerprint density at radius 1 is 1.22 bits per heavy atom. The highest BCUT2D eigenvalue weighted by atomic mass is 19.3. The fourth-order valence-corrected chi connectivity index (χ4v) is 3.76. The zero-order valence-corrected chi connectivity index (χ0v) is 15.0. The molecule has 1 aliphatic carbocycles. The number of benzene rings is 1. The number of imidazole rings is 1. The van der Waals surface area contributed by atoms with Crippen LogP contribution in [0.25, 0.3) is 33.3 Å². The summed E-state index contributed by atoms with van der Waals surface area (Å²) in [5.41, 5.74) is 2.25. The Bertz CT molecular complexity index is 1270. The van der Waals surface area contributed by atoms with E-state index in [1.165, 1.54) is 16.1 Å². The zero-order chi connectivity index (χ0) is 19.0. The number of nitrogens with one attached hydrogen (secondary N) is 1. The maximum absolute atomic E-state index is 13.7. The van der Waals surface area contributed by atoms with Gasteiger partial charge in [0.15, 0.2) is 5.65 Å². The Labute approximate surface area is 153 Å². The molecule has 0 aliphatic heterocycles. The lowest BCUT2D eigenvalue weighted by atomic mass is 10.1. The normalized spacial score (nSPS) is 21.2. The fraction of sp³-hybridized carbons (Fsp3) is 0.300. The molecule has 27 heavy (non-hydrogen) atoms. The van der Waals surface area contributed by atoms with Crippen LogP contribution in [0.15, 0.2) is 47.4 Å². The summed E-state index contributed by atoms with van der Waals surface area (Å²) in [6, 6.07) is 11.6. The minimum absolute atomic E-state index is 0.00830. The number of alkyl halides is 2. The van der Waals surface area contributed by atoms with Crippen LogP contribution in [0.1, 0.15) is 13.3 Å². The Hall–Kier alpha value is -2.96. The van der Waals surface area contributed by atoms with Crippen molar-refractivity contribution in [3.8, 4) is 11.3 Å². The van der Waals surface area contributed by atoms with Crippen molar-refractivity contribution in [3.05, 3.63) is 53.1 Å². The molecule has 0 amide bonds. The molecule has 3 heterocycles. The van der Waals surface area contributed by atoms with Gasteiger partial charge in [-0.1, -0.05) is 19.1 Å². The number of aromatic nitrogens is 4. The molecule has 138 valence electrons. The molecule has 1 N–H and O–H groups in total. The average molecular weight is 368 g/mol. The van der Waals surface area contributed by atoms with Gasteiger partial charge in [0, 0.05) is 37.3 Å². The van der Waals surface area contributed by atoms with Gasteiger partial charge in [-0.25, -0.2) is 18.6 Å². The van der Waals surface area contributed by atoms with Crippen molar-refractivity contribution in [2.24, 2.45) is 12.5 Å². The molecule has 4 aromatic rings. The van der Waals surface area contributed by atoms with Crippen LogP contribution in [0.4, 0.5) is 8.78 Å². The smallest absolute Gasteiger partial charge is 0.330 e. The Morgan fingerprint density at radius 2 is 2.00 bits per heavy atom. The van der Waals surface area contributed by atoms with Crippen LogP contribution in [-0.2, 0) is 13.6 Å². The molecule has 0 radical (unpaired) electrons. The first-order chi connectivity index (χ1) is 12.8. The predicted octanol–water partition coefficient (Wildman–Crippen LogP) is 3.93. The van der Waals surface area contributed by atoms with Gasteiger partial charge in [-0.3, -0.25) is 9.13 Å². The second-order valence-corrected chi connectivity index (χ2v) is 7.69. The number of aryl methyl sites for hydroxylation is 1. The van der Waals surface area contributed by atoms with Gasteiger partial charge in [-0.15, -0.1) is 0 Å². The molecule has 0 saturated heterocycles. The van der Waals surface area contributed by atoms with Gasteiger partial charge in [0.25, 0.3) is 5.92 Å². The molecule has 1 saturated carbocycles. The van der Waals surface area contributed by atoms with Crippen molar-refractivity contribution in [3.63, 3.8) is 0 Å². The van der Waals surface area contributed by atoms with E-state index in [0.29, 0.717) is 11.2 Å². The Balaban J connectivity index is 1.62. The second-order valence-electron chi connectivity index (χ2n) is 7.69. The molecule has 1 unspecified atom stereocenters. The van der Waals surface area contributed by atoms with Crippen LogP contribution in [0.3, 0.4) is 0 Å². The summed E-state index contributed by atoms with van der Waals surface area (Å²) in [6.45, 7) is 1.51. The van der Waals surface area contributed by atoms with Crippen LogP contribution >= 0.6 is 0 Å². The predicted molar refractivity (Wildman–Crippen MR) is 99.9 cm³/mol. The molecule has 5 rings (SSSR count). The zero-order valence-electron chi connectivity index (χ0n) is 15.0. The first kappa shape index (κ1) is 16.2. The van der Waals surface area contributed by atoms with Crippen molar-refractivity contribution in [2.45, 2.75) is 25.8 Å². The minimum atomic E-state index is -2.71. The summed E-state index contributed by atoms with van der Waals surface area (Å²) < 4.78 is 30.1. The van der Waals surface area contributed by atoms with Crippen molar-refractivity contribution in [1.82, 2.24) is 19.1 Å². The second kappa shape index (κ2) is 5.06. The van der Waals surface area contributed by atoms with E-state index in [1.54, 1.807) is 13.1 Å². The highest BCUT2D eigenvalue weighted by molar-refractivity contribution is 5.85. The van der Waals surface area contributed by atoms with E-state index in [9.17, 15) is 13.6 Å². The molecule has 1 aromatic carbocycles. The number of H-pyrrole nitrogens is 1. The standard InChI is InChI=1S/C20H18F2N4O/c1-19(10-20(19,21)22)11-26-16-6-5-14(24-17(16)25(2)18(26)27)13-4-3-12-7-8-23-15(12)9-13/h3-9,23H,10-11H2,1-2H3. The van der Waals surface area contributed by atoms with E-state index in [2.05, 4.69) is 9.97 Å². The first-order valence-corrected chi connectivity index (χ1v) is 8.81. The summed E-state index contributed by atoms with van der Waals surface area (Å²) in [5.74, 6) is -2.71. The van der Waals surface area contributed by atoms with Gasteiger partial charge < -0.3 is 4.98 Å². The quantitative estimate of drug-likeness (QED) is 0.596. The number of rotatable bonds is 3. The lowest BCUT2D eigenvalue weighted by Gasteiger charge is -2.11. The molecule has 7 heteroatoms. The van der Waals surface area contributed by atoms with E-state index in [4.69, 9.17) is 0 Å². The van der Waals surface area contributed by atoms with E-state index < -0.39 is 11.3 Å². The third kappa shape index (κ3) is 2.27. The fourth-order valence-electron chi connectivity index (χ4n) is 3.76. The van der Waals surface area contributed by atoms with E-state index in [-0.39, 0.29) is 18.7 Å². The van der Waals surface area contributed by atoms with E-state index in [1.807, 2.05) is 36.5 Å². The van der Waals surface area contributed by atoms with Gasteiger partial charge in [-0.05, 0) is 29.7 Å². The molecule has 0 spiro atoms. The van der Waals surface area contributed by atoms with E-state index >= 15 is 0 Å². The lowest BCUT2D eigenvalue weighted by Crippen LogP contribution is -2.27. The van der Waals surface area contributed by atoms with Gasteiger partial charge >= 0.3 is 5.69 Å². The topological polar surface area (TPSA) is 55.6 Å². The number of hydrogen-bond acceptors (Lipinski definition) is 2. The van der Waals surface area contributed by atoms with Gasteiger partial charge in [0.1, 0.15) is 0 Å². The Morgan fingerprint density at radius 3 is 2.74 bits per heavy atom. The molecular weight excluding hydrogens is 350 g/mol. The van der Waals surface area contributed by atoms with E-state index in [0.717, 1.165) is 22.2 Å². The third-order valence-corrected chi connectivity index (χ3v) is 5.71. The number of pyridine rings is 1. The largest absolute Gasteiger partial charge is 0.361 e. The highest BCUT2D eigenvalue weighted by Gasteiger charge is 2.68. The minimum Gasteiger partial charge on any atom is -0.361 e. The monoisotopic (exact) mass is 368 g/mol. The molecular formula is C20H18F2N4O. The van der Waals surface area contributed by atoms with Gasteiger partial charge in [0.2, 0.25) is 0 Å². The molecule has 1 aliphatic rings. The van der Waals surface area contributed by atoms with Crippen LogP contribution < -0.4 is 5.69 Å². The molecule has 1 atom stereocenters. The number of fused-ring (bicyclic) bond motifs is 2. The van der Waals surface area contributed by atoms with Crippen LogP contribution in [0.2, 0.25) is 0 Å². The average Bonchev–Trinajstić information content (AvgIpc) is 2.96. The number of nitrogens with zero attached hydrogens (tertiary/aromatic N) is 3. The Kier molecular flexibility index (Phi) is 3.04. The number of halogens is 2. The van der Waals surface area contributed by atoms with Crippen molar-refractivity contribution in [1.29, 1.82) is 0 Å². The molecule has 5 nitrogen and oxygen atoms in total. The van der Waals surface area contributed by atoms with Crippen LogP contribution in [0, 0.1) is 5.41 Å². The number of aromatic amines is 1. The van der Waals surface area contributed by atoms with Crippen molar-refractivity contribution in [2.75, 3.05) is 0 Å². The van der Waals surface area contributed by atoms with Crippen molar-refractivity contribution < 1.29 is 8.78 Å². The third-order valence-electron chi connectivity index (χ3n) is 5.71. The van der Waals surface area contributed by atoms with Crippen LogP contribution in [0.5, 0.6) is 0 Å². The first-order valence-electron chi connectivity index (χ1n) is 8.81. The van der Waals surface area contributed by atoms with Crippen molar-refractivity contribution >= 4 is 22.1 Å². The summed E-state index contributed by atoms with van der Waals surface area (Å²) in [5, 5.41) is 1.11. The number of hydrogen-bond donors (Lipinski definition) is 1. The molecule has 1 fully saturated rings.